The van der Waals surface area contributed by atoms with Gasteiger partial charge in [0.05, 0.1) is 0 Å². The molecule has 0 unspecified atom stereocenters. The molecule has 1 fully saturated rings. The summed E-state index contributed by atoms with van der Waals surface area (Å²) >= 11 is 0. The van der Waals surface area contributed by atoms with Crippen molar-refractivity contribution in [1.82, 2.24) is 0 Å². The maximum atomic E-state index is 12.0. The highest BCUT2D eigenvalue weighted by Gasteiger charge is 2.24. The van der Waals surface area contributed by atoms with Crippen LogP contribution in [0.2, 0.25) is 0 Å². The van der Waals surface area contributed by atoms with Crippen molar-refractivity contribution < 1.29 is 4.79 Å². The summed E-state index contributed by atoms with van der Waals surface area (Å²) in [7, 11) is 0. The molecule has 0 heterocycles. The highest BCUT2D eigenvalue weighted by atomic mass is 16.1. The molecular weight excluding hydrogens is 208 g/mol. The Hall–Kier alpha value is -1.11. The Morgan fingerprint density at radius 1 is 1.35 bits per heavy atom. The Kier molecular flexibility index (Phi) is 3.98. The third-order valence-electron chi connectivity index (χ3n) is 3.43. The van der Waals surface area contributed by atoms with Crippen LogP contribution in [0.4, 0.5) is 0 Å². The Labute approximate surface area is 104 Å². The number of ketones is 1. The first-order chi connectivity index (χ1) is 8.15. The third kappa shape index (κ3) is 3.99. The lowest BCUT2D eigenvalue weighted by Gasteiger charge is -2.06. The van der Waals surface area contributed by atoms with Gasteiger partial charge in [0.25, 0.3) is 0 Å². The zero-order chi connectivity index (χ0) is 12.3. The van der Waals surface area contributed by atoms with E-state index in [-0.39, 0.29) is 0 Å². The van der Waals surface area contributed by atoms with E-state index in [1.54, 1.807) is 0 Å². The second kappa shape index (κ2) is 5.48. The minimum atomic E-state index is 0.332. The SMILES string of the molecule is CC(C)CCc1cccc(C(=O)CC2CC2)c1. The van der Waals surface area contributed by atoms with Crippen molar-refractivity contribution in [3.63, 3.8) is 0 Å². The molecule has 1 aliphatic carbocycles. The Bertz CT molecular complexity index is 388. The van der Waals surface area contributed by atoms with E-state index in [4.69, 9.17) is 0 Å². The molecule has 92 valence electrons. The number of rotatable bonds is 6. The van der Waals surface area contributed by atoms with Crippen molar-refractivity contribution in [2.45, 2.75) is 46.0 Å². The van der Waals surface area contributed by atoms with Crippen molar-refractivity contribution in [3.05, 3.63) is 35.4 Å². The topological polar surface area (TPSA) is 17.1 Å². The van der Waals surface area contributed by atoms with Crippen LogP contribution in [0.3, 0.4) is 0 Å². The van der Waals surface area contributed by atoms with Gasteiger partial charge in [0, 0.05) is 12.0 Å². The molecule has 0 radical (unpaired) electrons. The van der Waals surface area contributed by atoms with Gasteiger partial charge in [-0.2, -0.15) is 0 Å². The van der Waals surface area contributed by atoms with Gasteiger partial charge < -0.3 is 0 Å². The third-order valence-corrected chi connectivity index (χ3v) is 3.43. The van der Waals surface area contributed by atoms with Crippen molar-refractivity contribution in [1.29, 1.82) is 0 Å². The predicted molar refractivity (Wildman–Crippen MR) is 71.3 cm³/mol. The summed E-state index contributed by atoms with van der Waals surface area (Å²) in [4.78, 5) is 12.0. The largest absolute Gasteiger partial charge is 0.294 e. The fourth-order valence-corrected chi connectivity index (χ4v) is 2.06. The molecule has 17 heavy (non-hydrogen) atoms. The molecule has 0 saturated heterocycles. The number of carbonyl (C=O) groups excluding carboxylic acids is 1. The van der Waals surface area contributed by atoms with Crippen LogP contribution in [-0.4, -0.2) is 5.78 Å². The quantitative estimate of drug-likeness (QED) is 0.667. The Balaban J connectivity index is 1.97. The number of hydrogen-bond acceptors (Lipinski definition) is 1. The van der Waals surface area contributed by atoms with Gasteiger partial charge in [-0.3, -0.25) is 4.79 Å². The number of hydrogen-bond donors (Lipinski definition) is 0. The highest BCUT2D eigenvalue weighted by molar-refractivity contribution is 5.96. The predicted octanol–water partition coefficient (Wildman–Crippen LogP) is 4.26. The summed E-state index contributed by atoms with van der Waals surface area (Å²) in [6, 6.07) is 8.21. The molecular formula is C16H22O. The zero-order valence-electron chi connectivity index (χ0n) is 10.9. The fourth-order valence-electron chi connectivity index (χ4n) is 2.06. The molecule has 0 aliphatic heterocycles. The van der Waals surface area contributed by atoms with Gasteiger partial charge in [-0.15, -0.1) is 0 Å². The van der Waals surface area contributed by atoms with Crippen molar-refractivity contribution in [2.75, 3.05) is 0 Å². The lowest BCUT2D eigenvalue weighted by atomic mass is 9.98. The lowest BCUT2D eigenvalue weighted by Crippen LogP contribution is -2.01. The number of benzene rings is 1. The summed E-state index contributed by atoms with van der Waals surface area (Å²) in [6.07, 6.45) is 5.54. The minimum absolute atomic E-state index is 0.332. The van der Waals surface area contributed by atoms with Crippen LogP contribution >= 0.6 is 0 Å². The highest BCUT2D eigenvalue weighted by Crippen LogP contribution is 2.33. The second-order valence-electron chi connectivity index (χ2n) is 5.70. The summed E-state index contributed by atoms with van der Waals surface area (Å²) in [5, 5.41) is 0. The summed E-state index contributed by atoms with van der Waals surface area (Å²) < 4.78 is 0. The summed E-state index contributed by atoms with van der Waals surface area (Å²) in [5.74, 6) is 1.74. The van der Waals surface area contributed by atoms with Gasteiger partial charge in [0.2, 0.25) is 0 Å². The van der Waals surface area contributed by atoms with Crippen LogP contribution in [0.15, 0.2) is 24.3 Å². The van der Waals surface area contributed by atoms with Gasteiger partial charge >= 0.3 is 0 Å². The maximum Gasteiger partial charge on any atom is 0.163 e. The monoisotopic (exact) mass is 230 g/mol. The maximum absolute atomic E-state index is 12.0. The molecule has 0 N–H and O–H groups in total. The van der Waals surface area contributed by atoms with Crippen LogP contribution in [0.1, 0.15) is 55.5 Å². The van der Waals surface area contributed by atoms with E-state index in [0.29, 0.717) is 11.7 Å². The molecule has 1 aliphatic rings. The van der Waals surface area contributed by atoms with E-state index in [9.17, 15) is 4.79 Å². The van der Waals surface area contributed by atoms with Gasteiger partial charge in [-0.05, 0) is 49.1 Å². The molecule has 1 aromatic rings. The normalized spacial score (nSPS) is 15.2. The molecule has 1 nitrogen and oxygen atoms in total. The molecule has 2 rings (SSSR count). The van der Waals surface area contributed by atoms with Crippen molar-refractivity contribution in [3.8, 4) is 0 Å². The van der Waals surface area contributed by atoms with Gasteiger partial charge in [-0.25, -0.2) is 0 Å². The first-order valence-electron chi connectivity index (χ1n) is 6.77. The number of aryl methyl sites for hydroxylation is 1. The minimum Gasteiger partial charge on any atom is -0.294 e. The summed E-state index contributed by atoms with van der Waals surface area (Å²) in [6.45, 7) is 4.48. The molecule has 0 amide bonds. The second-order valence-corrected chi connectivity index (χ2v) is 5.70. The van der Waals surface area contributed by atoms with E-state index in [1.165, 1.54) is 24.8 Å². The van der Waals surface area contributed by atoms with Gasteiger partial charge in [0.15, 0.2) is 5.78 Å². The average Bonchev–Trinajstić information content (AvgIpc) is 3.10. The molecule has 0 spiro atoms. The van der Waals surface area contributed by atoms with E-state index in [0.717, 1.165) is 24.3 Å². The molecule has 0 atom stereocenters. The average molecular weight is 230 g/mol. The number of Topliss-reactive ketones (excluding diaryl/α,β-unsaturated/α-hetero) is 1. The van der Waals surface area contributed by atoms with Crippen LogP contribution in [0, 0.1) is 11.8 Å². The molecule has 0 bridgehead atoms. The van der Waals surface area contributed by atoms with E-state index >= 15 is 0 Å². The van der Waals surface area contributed by atoms with Crippen LogP contribution in [-0.2, 0) is 6.42 Å². The molecule has 1 aromatic carbocycles. The van der Waals surface area contributed by atoms with Crippen LogP contribution < -0.4 is 0 Å². The van der Waals surface area contributed by atoms with Crippen molar-refractivity contribution in [2.24, 2.45) is 11.8 Å². The smallest absolute Gasteiger partial charge is 0.163 e. The van der Waals surface area contributed by atoms with E-state index in [1.807, 2.05) is 12.1 Å². The standard InChI is InChI=1S/C16H22O/c1-12(2)6-7-13-4-3-5-15(10-13)16(17)11-14-8-9-14/h3-5,10,12,14H,6-9,11H2,1-2H3. The van der Waals surface area contributed by atoms with Crippen LogP contribution in [0.25, 0.3) is 0 Å². The molecule has 1 saturated carbocycles. The zero-order valence-corrected chi connectivity index (χ0v) is 10.9. The number of carbonyl (C=O) groups is 1. The molecule has 0 aromatic heterocycles. The lowest BCUT2D eigenvalue weighted by molar-refractivity contribution is 0.0976. The van der Waals surface area contributed by atoms with Crippen LogP contribution in [0.5, 0.6) is 0 Å². The van der Waals surface area contributed by atoms with Gasteiger partial charge in [0.1, 0.15) is 0 Å². The Morgan fingerprint density at radius 3 is 2.76 bits per heavy atom. The van der Waals surface area contributed by atoms with Crippen molar-refractivity contribution >= 4 is 5.78 Å². The van der Waals surface area contributed by atoms with E-state index in [2.05, 4.69) is 26.0 Å². The summed E-state index contributed by atoms with van der Waals surface area (Å²) in [5.41, 5.74) is 2.22. The molecule has 1 heteroatoms. The Morgan fingerprint density at radius 2 is 2.12 bits per heavy atom. The van der Waals surface area contributed by atoms with Gasteiger partial charge in [-0.1, -0.05) is 32.0 Å². The fraction of sp³-hybridized carbons (Fsp3) is 0.562. The first-order valence-corrected chi connectivity index (χ1v) is 6.77. The van der Waals surface area contributed by atoms with E-state index < -0.39 is 0 Å². The first kappa shape index (κ1) is 12.3.